The highest BCUT2D eigenvalue weighted by molar-refractivity contribution is 6.05. The van der Waals surface area contributed by atoms with Gasteiger partial charge >= 0.3 is 0 Å². The molecule has 3 aromatic rings. The van der Waals surface area contributed by atoms with E-state index in [-0.39, 0.29) is 12.7 Å². The van der Waals surface area contributed by atoms with E-state index in [0.29, 0.717) is 22.9 Å². The number of carbonyl (C=O) groups excluding carboxylic acids is 1. The third-order valence-corrected chi connectivity index (χ3v) is 4.02. The molecule has 0 atom stereocenters. The first-order chi connectivity index (χ1) is 13.2. The van der Waals surface area contributed by atoms with Gasteiger partial charge in [-0.25, -0.2) is 4.98 Å². The number of rotatable bonds is 5. The van der Waals surface area contributed by atoms with Crippen molar-refractivity contribution in [1.82, 2.24) is 4.98 Å². The van der Waals surface area contributed by atoms with Gasteiger partial charge in [-0.3, -0.25) is 4.79 Å². The summed E-state index contributed by atoms with van der Waals surface area (Å²) in [6.07, 6.45) is 1.64. The highest BCUT2D eigenvalue weighted by Crippen LogP contribution is 2.35. The van der Waals surface area contributed by atoms with E-state index in [1.807, 2.05) is 30.3 Å². The first-order valence-corrected chi connectivity index (χ1v) is 8.30. The van der Waals surface area contributed by atoms with E-state index in [2.05, 4.69) is 15.6 Å². The van der Waals surface area contributed by atoms with Gasteiger partial charge in [-0.15, -0.1) is 0 Å². The van der Waals surface area contributed by atoms with E-state index in [9.17, 15) is 4.79 Å². The number of carbonyl (C=O) groups is 1. The van der Waals surface area contributed by atoms with Crippen molar-refractivity contribution in [3.8, 4) is 17.2 Å². The fourth-order valence-electron chi connectivity index (χ4n) is 2.70. The third kappa shape index (κ3) is 3.62. The summed E-state index contributed by atoms with van der Waals surface area (Å²) in [6, 6.07) is 16.2. The minimum Gasteiger partial charge on any atom is -0.496 e. The highest BCUT2D eigenvalue weighted by Gasteiger charge is 2.14. The zero-order valence-corrected chi connectivity index (χ0v) is 14.6. The second-order valence-corrected chi connectivity index (χ2v) is 5.78. The standard InChI is InChI=1S/C20H17N3O4/c1-25-16-5-3-2-4-15(16)20(24)23-19-9-7-14(11-21-19)22-13-6-8-17-18(10-13)27-12-26-17/h2-11,22H,12H2,1H3,(H,21,23,24). The number of nitrogens with zero attached hydrogens (tertiary/aromatic N) is 1. The molecule has 0 radical (unpaired) electrons. The average Bonchev–Trinajstić information content (AvgIpc) is 3.17. The Labute approximate surface area is 155 Å². The Morgan fingerprint density at radius 2 is 1.85 bits per heavy atom. The molecule has 136 valence electrons. The maximum absolute atomic E-state index is 12.4. The molecule has 2 heterocycles. The van der Waals surface area contributed by atoms with Gasteiger partial charge in [0.1, 0.15) is 11.6 Å². The van der Waals surface area contributed by atoms with Crippen molar-refractivity contribution in [3.63, 3.8) is 0 Å². The Hall–Kier alpha value is -3.74. The molecule has 7 nitrogen and oxygen atoms in total. The van der Waals surface area contributed by atoms with Crippen LogP contribution >= 0.6 is 0 Å². The van der Waals surface area contributed by atoms with E-state index in [1.54, 1.807) is 30.5 Å². The van der Waals surface area contributed by atoms with Crippen LogP contribution < -0.4 is 24.8 Å². The van der Waals surface area contributed by atoms with Crippen LogP contribution in [-0.2, 0) is 0 Å². The molecule has 0 saturated heterocycles. The minimum atomic E-state index is -0.281. The van der Waals surface area contributed by atoms with Gasteiger partial charge in [-0.05, 0) is 36.4 Å². The van der Waals surface area contributed by atoms with Crippen LogP contribution in [0.3, 0.4) is 0 Å². The fraction of sp³-hybridized carbons (Fsp3) is 0.100. The van der Waals surface area contributed by atoms with Crippen molar-refractivity contribution in [2.24, 2.45) is 0 Å². The Kier molecular flexibility index (Phi) is 4.49. The van der Waals surface area contributed by atoms with Gasteiger partial charge in [0, 0.05) is 11.8 Å². The fourth-order valence-corrected chi connectivity index (χ4v) is 2.70. The number of methoxy groups -OCH3 is 1. The molecule has 1 amide bonds. The number of hydrogen-bond acceptors (Lipinski definition) is 6. The van der Waals surface area contributed by atoms with Gasteiger partial charge in [0.25, 0.3) is 5.91 Å². The van der Waals surface area contributed by atoms with Crippen LogP contribution in [0, 0.1) is 0 Å². The number of para-hydroxylation sites is 1. The van der Waals surface area contributed by atoms with Crippen molar-refractivity contribution in [2.75, 3.05) is 24.5 Å². The molecule has 7 heteroatoms. The lowest BCUT2D eigenvalue weighted by Gasteiger charge is -2.10. The zero-order valence-electron chi connectivity index (χ0n) is 14.6. The Bertz CT molecular complexity index is 973. The third-order valence-electron chi connectivity index (χ3n) is 4.02. The molecule has 2 N–H and O–H groups in total. The smallest absolute Gasteiger partial charge is 0.260 e. The van der Waals surface area contributed by atoms with Gasteiger partial charge in [-0.1, -0.05) is 12.1 Å². The molecule has 0 spiro atoms. The number of fused-ring (bicyclic) bond motifs is 1. The van der Waals surface area contributed by atoms with Crippen molar-refractivity contribution < 1.29 is 19.0 Å². The number of pyridine rings is 1. The van der Waals surface area contributed by atoms with Crippen molar-refractivity contribution >= 4 is 23.1 Å². The molecule has 0 aliphatic carbocycles. The Morgan fingerprint density at radius 3 is 2.67 bits per heavy atom. The normalized spacial score (nSPS) is 11.7. The molecule has 1 aliphatic heterocycles. The minimum absolute atomic E-state index is 0.237. The summed E-state index contributed by atoms with van der Waals surface area (Å²) >= 11 is 0. The molecule has 4 rings (SSSR count). The van der Waals surface area contributed by atoms with E-state index in [1.165, 1.54) is 7.11 Å². The second-order valence-electron chi connectivity index (χ2n) is 5.78. The van der Waals surface area contributed by atoms with E-state index in [4.69, 9.17) is 14.2 Å². The molecule has 1 aromatic heterocycles. The second kappa shape index (κ2) is 7.25. The maximum atomic E-state index is 12.4. The lowest BCUT2D eigenvalue weighted by atomic mass is 10.2. The summed E-state index contributed by atoms with van der Waals surface area (Å²) in [5.74, 6) is 2.11. The van der Waals surface area contributed by atoms with Crippen molar-refractivity contribution in [1.29, 1.82) is 0 Å². The van der Waals surface area contributed by atoms with Crippen LogP contribution in [0.25, 0.3) is 0 Å². The van der Waals surface area contributed by atoms with Gasteiger partial charge < -0.3 is 24.8 Å². The number of hydrogen-bond donors (Lipinski definition) is 2. The zero-order chi connectivity index (χ0) is 18.6. The lowest BCUT2D eigenvalue weighted by Crippen LogP contribution is -2.14. The van der Waals surface area contributed by atoms with Crippen LogP contribution in [0.2, 0.25) is 0 Å². The van der Waals surface area contributed by atoms with Crippen LogP contribution in [0.15, 0.2) is 60.8 Å². The highest BCUT2D eigenvalue weighted by atomic mass is 16.7. The van der Waals surface area contributed by atoms with Crippen LogP contribution in [0.5, 0.6) is 17.2 Å². The molecule has 2 aromatic carbocycles. The summed E-state index contributed by atoms with van der Waals surface area (Å²) in [6.45, 7) is 0.237. The first kappa shape index (κ1) is 16.7. The molecular formula is C20H17N3O4. The topological polar surface area (TPSA) is 81.7 Å². The molecule has 0 bridgehead atoms. The van der Waals surface area contributed by atoms with Gasteiger partial charge in [0.2, 0.25) is 6.79 Å². The number of amides is 1. The maximum Gasteiger partial charge on any atom is 0.260 e. The largest absolute Gasteiger partial charge is 0.496 e. The van der Waals surface area contributed by atoms with E-state index < -0.39 is 0 Å². The van der Waals surface area contributed by atoms with Gasteiger partial charge in [0.05, 0.1) is 24.6 Å². The number of benzene rings is 2. The summed E-state index contributed by atoms with van der Waals surface area (Å²) < 4.78 is 15.9. The molecular weight excluding hydrogens is 346 g/mol. The average molecular weight is 363 g/mol. The SMILES string of the molecule is COc1ccccc1C(=O)Nc1ccc(Nc2ccc3c(c2)OCO3)cn1. The number of anilines is 3. The van der Waals surface area contributed by atoms with Crippen LogP contribution in [-0.4, -0.2) is 24.8 Å². The number of nitrogens with one attached hydrogen (secondary N) is 2. The predicted octanol–water partition coefficient (Wildman–Crippen LogP) is 3.81. The van der Waals surface area contributed by atoms with Gasteiger partial charge in [-0.2, -0.15) is 0 Å². The van der Waals surface area contributed by atoms with Gasteiger partial charge in [0.15, 0.2) is 11.5 Å². The molecule has 1 aliphatic rings. The van der Waals surface area contributed by atoms with Crippen molar-refractivity contribution in [3.05, 3.63) is 66.4 Å². The first-order valence-electron chi connectivity index (χ1n) is 8.30. The molecule has 0 fully saturated rings. The number of ether oxygens (including phenoxy) is 3. The predicted molar refractivity (Wildman–Crippen MR) is 101 cm³/mol. The summed E-state index contributed by atoms with van der Waals surface area (Å²) in [5.41, 5.74) is 2.08. The monoisotopic (exact) mass is 363 g/mol. The van der Waals surface area contributed by atoms with Crippen LogP contribution in [0.1, 0.15) is 10.4 Å². The Morgan fingerprint density at radius 1 is 1.04 bits per heavy atom. The number of aromatic nitrogens is 1. The quantitative estimate of drug-likeness (QED) is 0.717. The van der Waals surface area contributed by atoms with Crippen molar-refractivity contribution in [2.45, 2.75) is 0 Å². The molecule has 0 unspecified atom stereocenters. The summed E-state index contributed by atoms with van der Waals surface area (Å²) in [5, 5.41) is 6.00. The van der Waals surface area contributed by atoms with E-state index >= 15 is 0 Å². The summed E-state index contributed by atoms with van der Waals surface area (Å²) in [7, 11) is 1.53. The van der Waals surface area contributed by atoms with E-state index in [0.717, 1.165) is 17.1 Å². The lowest BCUT2D eigenvalue weighted by molar-refractivity contribution is 0.102. The summed E-state index contributed by atoms with van der Waals surface area (Å²) in [4.78, 5) is 16.7. The molecule has 27 heavy (non-hydrogen) atoms. The van der Waals surface area contributed by atoms with Crippen LogP contribution in [0.4, 0.5) is 17.2 Å². The Balaban J connectivity index is 1.44. The molecule has 0 saturated carbocycles.